The van der Waals surface area contributed by atoms with Gasteiger partial charge in [-0.2, -0.15) is 4.98 Å². The number of nitrogen functional groups attached to an aromatic ring is 1. The molecule has 0 radical (unpaired) electrons. The number of carbonyl (C=O) groups excluding carboxylic acids is 1. The SMILES string of the molecule is COc1cc(N(C)CCN(C)C)c(N)cc1Nc1nccc(-n2ccc3cc(C(N)=O)ccc32)n1. The normalized spacial score (nSPS) is 11.1. The number of hydrogen-bond acceptors (Lipinski definition) is 8. The molecule has 0 saturated carbocycles. The monoisotopic (exact) mass is 474 g/mol. The summed E-state index contributed by atoms with van der Waals surface area (Å²) in [6.07, 6.45) is 3.56. The smallest absolute Gasteiger partial charge is 0.248 e. The van der Waals surface area contributed by atoms with Gasteiger partial charge in [-0.15, -0.1) is 0 Å². The van der Waals surface area contributed by atoms with Crippen molar-refractivity contribution in [2.45, 2.75) is 0 Å². The Labute approximate surface area is 204 Å². The minimum Gasteiger partial charge on any atom is -0.494 e. The van der Waals surface area contributed by atoms with E-state index >= 15 is 0 Å². The van der Waals surface area contributed by atoms with Crippen molar-refractivity contribution >= 4 is 39.8 Å². The number of rotatable bonds is 9. The summed E-state index contributed by atoms with van der Waals surface area (Å²) in [6, 6.07) is 12.8. The molecule has 0 bridgehead atoms. The Morgan fingerprint density at radius 1 is 1.11 bits per heavy atom. The Morgan fingerprint density at radius 2 is 1.91 bits per heavy atom. The van der Waals surface area contributed by atoms with Gasteiger partial charge < -0.3 is 35.9 Å². The summed E-state index contributed by atoms with van der Waals surface area (Å²) in [5.74, 6) is 1.22. The summed E-state index contributed by atoms with van der Waals surface area (Å²) >= 11 is 0. The first-order chi connectivity index (χ1) is 16.8. The number of nitrogens with two attached hydrogens (primary N) is 2. The number of anilines is 4. The van der Waals surface area contributed by atoms with Crippen LogP contribution in [0.4, 0.5) is 23.0 Å². The predicted octanol–water partition coefficient (Wildman–Crippen LogP) is 2.85. The highest BCUT2D eigenvalue weighted by Crippen LogP contribution is 2.36. The minimum atomic E-state index is -0.462. The molecule has 0 aliphatic rings. The van der Waals surface area contributed by atoms with Gasteiger partial charge in [0.2, 0.25) is 11.9 Å². The lowest BCUT2D eigenvalue weighted by Gasteiger charge is -2.24. The molecule has 0 spiro atoms. The standard InChI is InChI=1S/C25H30N8O2/c1-31(2)11-12-32(3)21-15-22(35-4)19(14-18(21)26)29-25-28-9-7-23(30-25)33-10-8-16-13-17(24(27)34)5-6-20(16)33/h5-10,13-15H,11-12,26H2,1-4H3,(H2,27,34)(H,28,29,30). The van der Waals surface area contributed by atoms with E-state index < -0.39 is 5.91 Å². The van der Waals surface area contributed by atoms with Gasteiger partial charge in [-0.1, -0.05) is 0 Å². The number of nitrogens with zero attached hydrogens (tertiary/aromatic N) is 5. The molecular formula is C25H30N8O2. The number of hydrogen-bond donors (Lipinski definition) is 3. The van der Waals surface area contributed by atoms with Crippen LogP contribution >= 0.6 is 0 Å². The number of benzene rings is 2. The molecule has 0 aliphatic heterocycles. The van der Waals surface area contributed by atoms with Crippen molar-refractivity contribution in [2.75, 3.05) is 57.3 Å². The number of nitrogens with one attached hydrogen (secondary N) is 1. The molecule has 4 aromatic rings. The lowest BCUT2D eigenvalue weighted by atomic mass is 10.1. The number of methoxy groups -OCH3 is 1. The summed E-state index contributed by atoms with van der Waals surface area (Å²) in [7, 11) is 7.69. The second kappa shape index (κ2) is 9.90. The third kappa shape index (κ3) is 5.12. The Balaban J connectivity index is 1.62. The van der Waals surface area contributed by atoms with Crippen LogP contribution in [0.1, 0.15) is 10.4 Å². The molecule has 2 aromatic carbocycles. The van der Waals surface area contributed by atoms with Crippen molar-refractivity contribution in [1.82, 2.24) is 19.4 Å². The van der Waals surface area contributed by atoms with E-state index in [0.29, 0.717) is 34.5 Å². The van der Waals surface area contributed by atoms with E-state index in [9.17, 15) is 4.79 Å². The second-order valence-electron chi connectivity index (χ2n) is 8.52. The lowest BCUT2D eigenvalue weighted by molar-refractivity contribution is 0.100. The third-order valence-corrected chi connectivity index (χ3v) is 5.75. The zero-order chi connectivity index (χ0) is 25.1. The molecule has 0 atom stereocenters. The van der Waals surface area contributed by atoms with Crippen LogP contribution < -0.4 is 26.4 Å². The molecule has 2 heterocycles. The van der Waals surface area contributed by atoms with Crippen LogP contribution in [0, 0.1) is 0 Å². The van der Waals surface area contributed by atoms with Crippen LogP contribution in [-0.2, 0) is 0 Å². The molecule has 1 amide bonds. The first-order valence-corrected chi connectivity index (χ1v) is 11.1. The van der Waals surface area contributed by atoms with Gasteiger partial charge in [-0.25, -0.2) is 4.98 Å². The molecule has 0 aliphatic carbocycles. The molecule has 0 unspecified atom stereocenters. The average Bonchev–Trinajstić information content (AvgIpc) is 3.26. The topological polar surface area (TPSA) is 128 Å². The zero-order valence-electron chi connectivity index (χ0n) is 20.3. The summed E-state index contributed by atoms with van der Waals surface area (Å²) < 4.78 is 7.54. The first kappa shape index (κ1) is 23.8. The fourth-order valence-corrected chi connectivity index (χ4v) is 3.81. The van der Waals surface area contributed by atoms with Gasteiger partial charge in [0.25, 0.3) is 0 Å². The van der Waals surface area contributed by atoms with Crippen molar-refractivity contribution in [1.29, 1.82) is 0 Å². The molecule has 0 saturated heterocycles. The van der Waals surface area contributed by atoms with E-state index in [4.69, 9.17) is 16.2 Å². The van der Waals surface area contributed by atoms with Crippen LogP contribution in [0.3, 0.4) is 0 Å². The summed E-state index contributed by atoms with van der Waals surface area (Å²) in [4.78, 5) is 24.7. The number of aromatic nitrogens is 3. The maximum atomic E-state index is 11.5. The lowest BCUT2D eigenvalue weighted by Crippen LogP contribution is -2.29. The van der Waals surface area contributed by atoms with Crippen LogP contribution in [0.25, 0.3) is 16.7 Å². The fourth-order valence-electron chi connectivity index (χ4n) is 3.81. The molecule has 0 fully saturated rings. The quantitative estimate of drug-likeness (QED) is 0.316. The van der Waals surface area contributed by atoms with E-state index in [1.54, 1.807) is 31.5 Å². The fraction of sp³-hybridized carbons (Fsp3) is 0.240. The van der Waals surface area contributed by atoms with E-state index in [1.165, 1.54) is 0 Å². The summed E-state index contributed by atoms with van der Waals surface area (Å²) in [5, 5.41) is 4.11. The van der Waals surface area contributed by atoms with Crippen molar-refractivity contribution in [3.63, 3.8) is 0 Å². The highest BCUT2D eigenvalue weighted by Gasteiger charge is 2.14. The Hall–Kier alpha value is -4.31. The Bertz CT molecular complexity index is 1370. The van der Waals surface area contributed by atoms with Crippen molar-refractivity contribution in [3.05, 3.63) is 60.4 Å². The molecular weight excluding hydrogens is 444 g/mol. The summed E-state index contributed by atoms with van der Waals surface area (Å²) in [5.41, 5.74) is 15.3. The van der Waals surface area contributed by atoms with Gasteiger partial charge in [0.15, 0.2) is 0 Å². The zero-order valence-corrected chi connectivity index (χ0v) is 20.3. The van der Waals surface area contributed by atoms with Crippen LogP contribution in [0.2, 0.25) is 0 Å². The maximum absolute atomic E-state index is 11.5. The Kier molecular flexibility index (Phi) is 6.74. The largest absolute Gasteiger partial charge is 0.494 e. The van der Waals surface area contributed by atoms with E-state index in [-0.39, 0.29) is 0 Å². The molecule has 10 heteroatoms. The summed E-state index contributed by atoms with van der Waals surface area (Å²) in [6.45, 7) is 1.72. The van der Waals surface area contributed by atoms with Crippen molar-refractivity contribution in [2.24, 2.45) is 5.73 Å². The van der Waals surface area contributed by atoms with Crippen molar-refractivity contribution in [3.8, 4) is 11.6 Å². The van der Waals surface area contributed by atoms with E-state index in [0.717, 1.165) is 29.7 Å². The molecule has 2 aromatic heterocycles. The number of amides is 1. The van der Waals surface area contributed by atoms with Gasteiger partial charge in [0, 0.05) is 49.5 Å². The highest BCUT2D eigenvalue weighted by atomic mass is 16.5. The second-order valence-corrected chi connectivity index (χ2v) is 8.52. The van der Waals surface area contributed by atoms with Gasteiger partial charge in [0.05, 0.1) is 29.7 Å². The number of fused-ring (bicyclic) bond motifs is 1. The van der Waals surface area contributed by atoms with Crippen molar-refractivity contribution < 1.29 is 9.53 Å². The van der Waals surface area contributed by atoms with Gasteiger partial charge >= 0.3 is 0 Å². The van der Waals surface area contributed by atoms with Crippen LogP contribution in [0.5, 0.6) is 5.75 Å². The van der Waals surface area contributed by atoms with Gasteiger partial charge in [-0.05, 0) is 50.5 Å². The predicted molar refractivity (Wildman–Crippen MR) is 140 cm³/mol. The average molecular weight is 475 g/mol. The Morgan fingerprint density at radius 3 is 2.63 bits per heavy atom. The molecule has 35 heavy (non-hydrogen) atoms. The number of carbonyl (C=O) groups is 1. The maximum Gasteiger partial charge on any atom is 0.248 e. The number of likely N-dealkylation sites (N-methyl/N-ethyl adjacent to an activating group) is 2. The molecule has 4 rings (SSSR count). The molecule has 10 nitrogen and oxygen atoms in total. The van der Waals surface area contributed by atoms with Gasteiger partial charge in [-0.3, -0.25) is 4.79 Å². The number of ether oxygens (including phenoxy) is 1. The van der Waals surface area contributed by atoms with E-state index in [1.807, 2.05) is 56.2 Å². The van der Waals surface area contributed by atoms with Crippen LogP contribution in [0.15, 0.2) is 54.9 Å². The highest BCUT2D eigenvalue weighted by molar-refractivity contribution is 5.97. The van der Waals surface area contributed by atoms with Crippen LogP contribution in [-0.4, -0.2) is 66.7 Å². The number of primary amides is 1. The van der Waals surface area contributed by atoms with E-state index in [2.05, 4.69) is 25.1 Å². The minimum absolute atomic E-state index is 0.393. The van der Waals surface area contributed by atoms with Gasteiger partial charge in [0.1, 0.15) is 11.6 Å². The first-order valence-electron chi connectivity index (χ1n) is 11.1. The molecule has 5 N–H and O–H groups in total. The molecule has 182 valence electrons. The third-order valence-electron chi connectivity index (χ3n) is 5.75.